The number of hydrogen-bond acceptors (Lipinski definition) is 4. The molecule has 0 saturated carbocycles. The van der Waals surface area contributed by atoms with E-state index in [1.165, 1.54) is 0 Å². The quantitative estimate of drug-likeness (QED) is 0.758. The molecule has 0 aromatic carbocycles. The van der Waals surface area contributed by atoms with Gasteiger partial charge in [-0.05, 0) is 13.3 Å². The number of aromatic nitrogens is 1. The van der Waals surface area contributed by atoms with Crippen molar-refractivity contribution in [2.24, 2.45) is 0 Å². The number of hydrogen-bond donors (Lipinski definition) is 0. The number of carbonyl (C=O) groups excluding carboxylic acids is 1. The number of ether oxygens (including phenoxy) is 1. The summed E-state index contributed by atoms with van der Waals surface area (Å²) in [5, 5.41) is 3.72. The first-order valence-corrected chi connectivity index (χ1v) is 5.55. The molecule has 0 radical (unpaired) electrons. The summed E-state index contributed by atoms with van der Waals surface area (Å²) in [5.74, 6) is 0.219. The van der Waals surface area contributed by atoms with E-state index in [0.717, 1.165) is 12.1 Å². The Morgan fingerprint density at radius 3 is 3.12 bits per heavy atom. The lowest BCUT2D eigenvalue weighted by Gasteiger charge is -2.31. The molecule has 0 N–H and O–H groups in total. The van der Waals surface area contributed by atoms with E-state index < -0.39 is 0 Å². The van der Waals surface area contributed by atoms with Crippen LogP contribution >= 0.6 is 0 Å². The van der Waals surface area contributed by atoms with Gasteiger partial charge >= 0.3 is 0 Å². The zero-order chi connectivity index (χ0) is 11.5. The van der Waals surface area contributed by atoms with Crippen molar-refractivity contribution in [1.29, 1.82) is 0 Å². The van der Waals surface area contributed by atoms with Gasteiger partial charge in [0.15, 0.2) is 0 Å². The van der Waals surface area contributed by atoms with E-state index in [9.17, 15) is 4.79 Å². The molecule has 1 aliphatic rings. The standard InChI is InChI=1S/C11H16N2O3/c1-3-9-7-13(4-5-15-9)11(14)10-6-8(2)12-16-10/h6,9H,3-5,7H2,1-2H3. The van der Waals surface area contributed by atoms with E-state index in [1.807, 2.05) is 0 Å². The maximum absolute atomic E-state index is 12.0. The summed E-state index contributed by atoms with van der Waals surface area (Å²) < 4.78 is 10.5. The van der Waals surface area contributed by atoms with Gasteiger partial charge in [0.2, 0.25) is 5.76 Å². The molecule has 1 atom stereocenters. The highest BCUT2D eigenvalue weighted by molar-refractivity contribution is 5.91. The number of carbonyl (C=O) groups is 1. The molecule has 16 heavy (non-hydrogen) atoms. The van der Waals surface area contributed by atoms with Crippen molar-refractivity contribution in [1.82, 2.24) is 10.1 Å². The van der Waals surface area contributed by atoms with Crippen molar-refractivity contribution >= 4 is 5.91 Å². The van der Waals surface area contributed by atoms with Crippen LogP contribution < -0.4 is 0 Å². The van der Waals surface area contributed by atoms with E-state index in [4.69, 9.17) is 9.26 Å². The summed E-state index contributed by atoms with van der Waals surface area (Å²) >= 11 is 0. The van der Waals surface area contributed by atoms with E-state index in [2.05, 4.69) is 12.1 Å². The molecule has 0 spiro atoms. The number of morpholine rings is 1. The summed E-state index contributed by atoms with van der Waals surface area (Å²) in [7, 11) is 0. The molecule has 1 amide bonds. The normalized spacial score (nSPS) is 21.1. The minimum absolute atomic E-state index is 0.0950. The van der Waals surface area contributed by atoms with Gasteiger partial charge in [0.25, 0.3) is 5.91 Å². The number of rotatable bonds is 2. The maximum Gasteiger partial charge on any atom is 0.292 e. The van der Waals surface area contributed by atoms with Gasteiger partial charge in [0.05, 0.1) is 18.4 Å². The van der Waals surface area contributed by atoms with Gasteiger partial charge in [0, 0.05) is 19.2 Å². The van der Waals surface area contributed by atoms with E-state index in [0.29, 0.717) is 25.5 Å². The second-order valence-corrected chi connectivity index (χ2v) is 3.98. The van der Waals surface area contributed by atoms with E-state index in [-0.39, 0.29) is 12.0 Å². The Labute approximate surface area is 94.3 Å². The fourth-order valence-corrected chi connectivity index (χ4v) is 1.77. The summed E-state index contributed by atoms with van der Waals surface area (Å²) in [6.45, 7) is 5.70. The monoisotopic (exact) mass is 224 g/mol. The number of nitrogens with zero attached hydrogens (tertiary/aromatic N) is 2. The molecule has 1 aromatic heterocycles. The van der Waals surface area contributed by atoms with Crippen LogP contribution in [0.1, 0.15) is 29.6 Å². The third kappa shape index (κ3) is 2.24. The summed E-state index contributed by atoms with van der Waals surface area (Å²) in [6.07, 6.45) is 1.06. The fourth-order valence-electron chi connectivity index (χ4n) is 1.77. The van der Waals surface area contributed by atoms with Crippen molar-refractivity contribution in [3.05, 3.63) is 17.5 Å². The molecule has 5 heteroatoms. The van der Waals surface area contributed by atoms with E-state index >= 15 is 0 Å². The molecule has 5 nitrogen and oxygen atoms in total. The van der Waals surface area contributed by atoms with Gasteiger partial charge < -0.3 is 14.2 Å². The number of amides is 1. The minimum atomic E-state index is -0.0950. The molecule has 1 unspecified atom stereocenters. The molecule has 0 bridgehead atoms. The van der Waals surface area contributed by atoms with Crippen LogP contribution in [0.3, 0.4) is 0 Å². The van der Waals surface area contributed by atoms with Gasteiger partial charge in [0.1, 0.15) is 0 Å². The first kappa shape index (κ1) is 11.1. The van der Waals surface area contributed by atoms with Crippen molar-refractivity contribution in [2.75, 3.05) is 19.7 Å². The van der Waals surface area contributed by atoms with E-state index in [1.54, 1.807) is 17.9 Å². The Kier molecular flexibility index (Phi) is 3.24. The Morgan fingerprint density at radius 1 is 1.69 bits per heavy atom. The largest absolute Gasteiger partial charge is 0.375 e. The molecule has 2 rings (SSSR count). The van der Waals surface area contributed by atoms with Gasteiger partial charge in [-0.3, -0.25) is 4.79 Å². The minimum Gasteiger partial charge on any atom is -0.375 e. The zero-order valence-electron chi connectivity index (χ0n) is 9.60. The Balaban J connectivity index is 2.04. The number of aryl methyl sites for hydroxylation is 1. The van der Waals surface area contributed by atoms with Crippen LogP contribution in [-0.4, -0.2) is 41.8 Å². The Hall–Kier alpha value is -1.36. The zero-order valence-corrected chi connectivity index (χ0v) is 9.60. The van der Waals surface area contributed by atoms with Crippen LogP contribution in [0, 0.1) is 6.92 Å². The average Bonchev–Trinajstić information content (AvgIpc) is 2.75. The Morgan fingerprint density at radius 2 is 2.50 bits per heavy atom. The predicted molar refractivity (Wildman–Crippen MR) is 57.2 cm³/mol. The van der Waals surface area contributed by atoms with Crippen LogP contribution in [0.5, 0.6) is 0 Å². The second kappa shape index (κ2) is 4.65. The molecule has 0 aliphatic carbocycles. The summed E-state index contributed by atoms with van der Waals surface area (Å²) in [6, 6.07) is 1.67. The molecule has 2 heterocycles. The van der Waals surface area contributed by atoms with Gasteiger partial charge in [-0.2, -0.15) is 0 Å². The molecular formula is C11H16N2O3. The lowest BCUT2D eigenvalue weighted by atomic mass is 10.2. The highest BCUT2D eigenvalue weighted by atomic mass is 16.5. The lowest BCUT2D eigenvalue weighted by molar-refractivity contribution is -0.0237. The third-order valence-electron chi connectivity index (χ3n) is 2.72. The highest BCUT2D eigenvalue weighted by Gasteiger charge is 2.26. The first-order chi connectivity index (χ1) is 7.70. The average molecular weight is 224 g/mol. The van der Waals surface area contributed by atoms with Gasteiger partial charge in [-0.1, -0.05) is 12.1 Å². The molecule has 1 saturated heterocycles. The topological polar surface area (TPSA) is 55.6 Å². The van der Waals surface area contributed by atoms with Crippen LogP contribution in [0.4, 0.5) is 0 Å². The lowest BCUT2D eigenvalue weighted by Crippen LogP contribution is -2.45. The maximum atomic E-state index is 12.0. The molecule has 88 valence electrons. The third-order valence-corrected chi connectivity index (χ3v) is 2.72. The first-order valence-electron chi connectivity index (χ1n) is 5.55. The van der Waals surface area contributed by atoms with Crippen molar-refractivity contribution < 1.29 is 14.1 Å². The summed E-state index contributed by atoms with van der Waals surface area (Å²) in [4.78, 5) is 13.8. The van der Waals surface area contributed by atoms with Crippen LogP contribution in [0.15, 0.2) is 10.6 Å². The molecule has 1 fully saturated rings. The van der Waals surface area contributed by atoms with Crippen molar-refractivity contribution in [3.8, 4) is 0 Å². The van der Waals surface area contributed by atoms with Gasteiger partial charge in [-0.15, -0.1) is 0 Å². The summed E-state index contributed by atoms with van der Waals surface area (Å²) in [5.41, 5.74) is 0.726. The SMILES string of the molecule is CCC1CN(C(=O)c2cc(C)no2)CCO1. The predicted octanol–water partition coefficient (Wildman–Crippen LogP) is 1.23. The van der Waals surface area contributed by atoms with Crippen LogP contribution in [0.25, 0.3) is 0 Å². The molecular weight excluding hydrogens is 208 g/mol. The smallest absolute Gasteiger partial charge is 0.292 e. The molecule has 1 aromatic rings. The molecule has 1 aliphatic heterocycles. The van der Waals surface area contributed by atoms with Crippen LogP contribution in [0.2, 0.25) is 0 Å². The van der Waals surface area contributed by atoms with Gasteiger partial charge in [-0.25, -0.2) is 0 Å². The second-order valence-electron chi connectivity index (χ2n) is 3.98. The van der Waals surface area contributed by atoms with Crippen molar-refractivity contribution in [3.63, 3.8) is 0 Å². The van der Waals surface area contributed by atoms with Crippen LogP contribution in [-0.2, 0) is 4.74 Å². The Bertz CT molecular complexity index is 375. The highest BCUT2D eigenvalue weighted by Crippen LogP contribution is 2.13. The van der Waals surface area contributed by atoms with Crippen molar-refractivity contribution in [2.45, 2.75) is 26.4 Å². The fraction of sp³-hybridized carbons (Fsp3) is 0.636.